The molecule has 4 nitrogen and oxygen atoms in total. The SMILES string of the molecule is CCC(C)NC(=O)Cn1ccc2sccc2c1=O. The van der Waals surface area contributed by atoms with Gasteiger partial charge in [-0.15, -0.1) is 11.3 Å². The molecule has 2 heterocycles. The molecule has 1 atom stereocenters. The quantitative estimate of drug-likeness (QED) is 0.918. The van der Waals surface area contributed by atoms with Crippen LogP contribution in [0.15, 0.2) is 28.5 Å². The van der Waals surface area contributed by atoms with E-state index in [1.165, 1.54) is 15.9 Å². The number of pyridine rings is 1. The molecule has 0 spiro atoms. The van der Waals surface area contributed by atoms with Crippen LogP contribution in [0.1, 0.15) is 20.3 Å². The fourth-order valence-corrected chi connectivity index (χ4v) is 2.48. The minimum Gasteiger partial charge on any atom is -0.352 e. The first-order valence-electron chi connectivity index (χ1n) is 5.98. The molecule has 0 aliphatic carbocycles. The molecule has 0 radical (unpaired) electrons. The summed E-state index contributed by atoms with van der Waals surface area (Å²) in [5.74, 6) is -0.124. The Labute approximate surface area is 109 Å². The molecule has 1 unspecified atom stereocenters. The van der Waals surface area contributed by atoms with E-state index in [1.807, 2.05) is 25.3 Å². The maximum absolute atomic E-state index is 12.1. The van der Waals surface area contributed by atoms with Crippen LogP contribution in [0.3, 0.4) is 0 Å². The monoisotopic (exact) mass is 264 g/mol. The number of rotatable bonds is 4. The Kier molecular flexibility index (Phi) is 3.81. The second kappa shape index (κ2) is 5.35. The second-order valence-corrected chi connectivity index (χ2v) is 5.27. The highest BCUT2D eigenvalue weighted by Crippen LogP contribution is 2.15. The molecule has 5 heteroatoms. The summed E-state index contributed by atoms with van der Waals surface area (Å²) in [5, 5.41) is 5.42. The number of nitrogens with one attached hydrogen (secondary N) is 1. The molecular formula is C13H16N2O2S. The molecule has 2 aromatic rings. The van der Waals surface area contributed by atoms with Crippen LogP contribution in [0.2, 0.25) is 0 Å². The van der Waals surface area contributed by atoms with Crippen LogP contribution < -0.4 is 10.9 Å². The Morgan fingerprint density at radius 2 is 2.28 bits per heavy atom. The number of aromatic nitrogens is 1. The molecule has 0 aliphatic rings. The number of fused-ring (bicyclic) bond motifs is 1. The fraction of sp³-hybridized carbons (Fsp3) is 0.385. The van der Waals surface area contributed by atoms with Crippen LogP contribution in [0.5, 0.6) is 0 Å². The van der Waals surface area contributed by atoms with Crippen LogP contribution in [-0.4, -0.2) is 16.5 Å². The summed E-state index contributed by atoms with van der Waals surface area (Å²) in [6.45, 7) is 4.03. The third-order valence-corrected chi connectivity index (χ3v) is 3.81. The molecule has 1 N–H and O–H groups in total. The van der Waals surface area contributed by atoms with Gasteiger partial charge in [0.15, 0.2) is 0 Å². The van der Waals surface area contributed by atoms with Crippen LogP contribution in [-0.2, 0) is 11.3 Å². The first-order chi connectivity index (χ1) is 8.61. The lowest BCUT2D eigenvalue weighted by atomic mass is 10.2. The summed E-state index contributed by atoms with van der Waals surface area (Å²) in [7, 11) is 0. The predicted octanol–water partition coefficient (Wildman–Crippen LogP) is 1.98. The zero-order valence-corrected chi connectivity index (χ0v) is 11.3. The summed E-state index contributed by atoms with van der Waals surface area (Å²) in [6.07, 6.45) is 2.56. The number of thiophene rings is 1. The summed E-state index contributed by atoms with van der Waals surface area (Å²) in [4.78, 5) is 23.8. The number of amides is 1. The maximum Gasteiger partial charge on any atom is 0.259 e. The summed E-state index contributed by atoms with van der Waals surface area (Å²) in [6, 6.07) is 3.81. The molecule has 0 saturated heterocycles. The summed E-state index contributed by atoms with van der Waals surface area (Å²) >= 11 is 1.53. The van der Waals surface area contributed by atoms with E-state index in [4.69, 9.17) is 0 Å². The zero-order valence-electron chi connectivity index (χ0n) is 10.5. The third-order valence-electron chi connectivity index (χ3n) is 2.93. The Bertz CT molecular complexity index is 615. The molecule has 96 valence electrons. The highest BCUT2D eigenvalue weighted by Gasteiger charge is 2.09. The highest BCUT2D eigenvalue weighted by molar-refractivity contribution is 7.17. The first-order valence-corrected chi connectivity index (χ1v) is 6.85. The topological polar surface area (TPSA) is 51.1 Å². The molecular weight excluding hydrogens is 248 g/mol. The van der Waals surface area contributed by atoms with Gasteiger partial charge < -0.3 is 9.88 Å². The smallest absolute Gasteiger partial charge is 0.259 e. The van der Waals surface area contributed by atoms with Crippen molar-refractivity contribution in [3.05, 3.63) is 34.1 Å². The lowest BCUT2D eigenvalue weighted by Gasteiger charge is -2.12. The third kappa shape index (κ3) is 2.61. The summed E-state index contributed by atoms with van der Waals surface area (Å²) in [5.41, 5.74) is -0.104. The van der Waals surface area contributed by atoms with Crippen molar-refractivity contribution in [2.75, 3.05) is 0 Å². The van der Waals surface area contributed by atoms with Crippen LogP contribution >= 0.6 is 11.3 Å². The van der Waals surface area contributed by atoms with Gasteiger partial charge in [0.05, 0.1) is 5.39 Å². The van der Waals surface area contributed by atoms with Gasteiger partial charge in [0.1, 0.15) is 6.54 Å². The average molecular weight is 264 g/mol. The van der Waals surface area contributed by atoms with E-state index in [0.29, 0.717) is 5.39 Å². The van der Waals surface area contributed by atoms with Crippen LogP contribution in [0.4, 0.5) is 0 Å². The molecule has 0 aliphatic heterocycles. The van der Waals surface area contributed by atoms with Gasteiger partial charge in [-0.3, -0.25) is 9.59 Å². The van der Waals surface area contributed by atoms with Crippen molar-refractivity contribution in [3.63, 3.8) is 0 Å². The number of carbonyl (C=O) groups is 1. The standard InChI is InChI=1S/C13H16N2O2S/c1-3-9(2)14-12(16)8-15-6-4-11-10(13(15)17)5-7-18-11/h4-7,9H,3,8H2,1-2H3,(H,14,16). The van der Waals surface area contributed by atoms with Crippen LogP contribution in [0, 0.1) is 0 Å². The van der Waals surface area contributed by atoms with Crippen molar-refractivity contribution in [2.24, 2.45) is 0 Å². The average Bonchev–Trinajstić information content (AvgIpc) is 2.81. The maximum atomic E-state index is 12.1. The van der Waals surface area contributed by atoms with Crippen molar-refractivity contribution in [1.29, 1.82) is 0 Å². The van der Waals surface area contributed by atoms with E-state index < -0.39 is 0 Å². The van der Waals surface area contributed by atoms with Gasteiger partial charge in [0.25, 0.3) is 5.56 Å². The minimum absolute atomic E-state index is 0.0783. The Morgan fingerprint density at radius 3 is 3.00 bits per heavy atom. The normalized spacial score (nSPS) is 12.6. The van der Waals surface area contributed by atoms with E-state index in [9.17, 15) is 9.59 Å². The molecule has 0 aromatic carbocycles. The molecule has 0 bridgehead atoms. The second-order valence-electron chi connectivity index (χ2n) is 4.32. The summed E-state index contributed by atoms with van der Waals surface area (Å²) < 4.78 is 2.41. The van der Waals surface area contributed by atoms with E-state index in [2.05, 4.69) is 5.32 Å². The minimum atomic E-state index is -0.124. The number of nitrogens with zero attached hydrogens (tertiary/aromatic N) is 1. The number of carbonyl (C=O) groups excluding carboxylic acids is 1. The Hall–Kier alpha value is -1.62. The predicted molar refractivity (Wildman–Crippen MR) is 74.0 cm³/mol. The highest BCUT2D eigenvalue weighted by atomic mass is 32.1. The lowest BCUT2D eigenvalue weighted by Crippen LogP contribution is -2.36. The van der Waals surface area contributed by atoms with E-state index in [0.717, 1.165) is 11.1 Å². The molecule has 2 rings (SSSR count). The molecule has 1 amide bonds. The molecule has 0 fully saturated rings. The lowest BCUT2D eigenvalue weighted by molar-refractivity contribution is -0.122. The molecule has 2 aromatic heterocycles. The van der Waals surface area contributed by atoms with Crippen molar-refractivity contribution >= 4 is 27.3 Å². The Morgan fingerprint density at radius 1 is 1.50 bits per heavy atom. The van der Waals surface area contributed by atoms with Crippen molar-refractivity contribution < 1.29 is 4.79 Å². The van der Waals surface area contributed by atoms with E-state index >= 15 is 0 Å². The van der Waals surface area contributed by atoms with Gasteiger partial charge in [-0.05, 0) is 30.9 Å². The van der Waals surface area contributed by atoms with Gasteiger partial charge in [-0.1, -0.05) is 6.92 Å². The number of hydrogen-bond acceptors (Lipinski definition) is 3. The van der Waals surface area contributed by atoms with E-state index in [1.54, 1.807) is 12.3 Å². The number of hydrogen-bond donors (Lipinski definition) is 1. The van der Waals surface area contributed by atoms with Gasteiger partial charge in [-0.25, -0.2) is 0 Å². The zero-order chi connectivity index (χ0) is 13.1. The van der Waals surface area contributed by atoms with Crippen LogP contribution in [0.25, 0.3) is 10.1 Å². The van der Waals surface area contributed by atoms with Crippen molar-refractivity contribution in [3.8, 4) is 0 Å². The molecule has 18 heavy (non-hydrogen) atoms. The Balaban J connectivity index is 2.19. The van der Waals surface area contributed by atoms with Gasteiger partial charge in [0.2, 0.25) is 5.91 Å². The van der Waals surface area contributed by atoms with E-state index in [-0.39, 0.29) is 24.1 Å². The van der Waals surface area contributed by atoms with Gasteiger partial charge in [-0.2, -0.15) is 0 Å². The van der Waals surface area contributed by atoms with Gasteiger partial charge in [0, 0.05) is 16.9 Å². The fourth-order valence-electron chi connectivity index (χ4n) is 1.71. The van der Waals surface area contributed by atoms with Crippen molar-refractivity contribution in [1.82, 2.24) is 9.88 Å². The molecule has 0 saturated carbocycles. The van der Waals surface area contributed by atoms with Gasteiger partial charge >= 0.3 is 0 Å². The first kappa shape index (κ1) is 12.8. The van der Waals surface area contributed by atoms with Crippen molar-refractivity contribution in [2.45, 2.75) is 32.9 Å². The largest absolute Gasteiger partial charge is 0.352 e.